The highest BCUT2D eigenvalue weighted by Gasteiger charge is 2.01. The molecule has 0 aliphatic rings. The summed E-state index contributed by atoms with van der Waals surface area (Å²) in [5.41, 5.74) is 3.05. The molecule has 2 aromatic carbocycles. The van der Waals surface area contributed by atoms with Crippen LogP contribution in [0.5, 0.6) is 0 Å². The van der Waals surface area contributed by atoms with E-state index in [-0.39, 0.29) is 13.2 Å². The molecule has 5 nitrogen and oxygen atoms in total. The molecule has 0 radical (unpaired) electrons. The molecule has 0 fully saturated rings. The highest BCUT2D eigenvalue weighted by atomic mass is 16.5. The number of hydrogen-bond acceptors (Lipinski definition) is 4. The van der Waals surface area contributed by atoms with Crippen molar-refractivity contribution in [2.75, 3.05) is 31.6 Å². The number of nitrogens with one attached hydrogen (secondary N) is 1. The molecule has 0 aliphatic heterocycles. The topological polar surface area (TPSA) is 61.8 Å². The van der Waals surface area contributed by atoms with Crippen LogP contribution in [0.4, 0.5) is 10.5 Å². The smallest absolute Gasteiger partial charge is 0.407 e. The molecular weight excluding hydrogens is 316 g/mol. The molecule has 0 heterocycles. The monoisotopic (exact) mass is 340 g/mol. The van der Waals surface area contributed by atoms with Crippen molar-refractivity contribution in [3.63, 3.8) is 0 Å². The summed E-state index contributed by atoms with van der Waals surface area (Å²) in [4.78, 5) is 13.6. The first-order valence-corrected chi connectivity index (χ1v) is 8.22. The Bertz CT molecular complexity index is 669. The average molecular weight is 340 g/mol. The van der Waals surface area contributed by atoms with Gasteiger partial charge in [-0.15, -0.1) is 0 Å². The number of carbonyl (C=O) groups excluding carboxylic acids is 1. The summed E-state index contributed by atoms with van der Waals surface area (Å²) in [5, 5.41) is 11.6. The summed E-state index contributed by atoms with van der Waals surface area (Å²) in [6, 6.07) is 17.5. The van der Waals surface area contributed by atoms with E-state index in [0.29, 0.717) is 13.1 Å². The molecule has 2 N–H and O–H groups in total. The van der Waals surface area contributed by atoms with Gasteiger partial charge in [0.2, 0.25) is 0 Å². The number of benzene rings is 2. The maximum absolute atomic E-state index is 11.6. The molecule has 0 aliphatic carbocycles. The second-order valence-corrected chi connectivity index (χ2v) is 5.58. The fourth-order valence-corrected chi connectivity index (χ4v) is 2.23. The van der Waals surface area contributed by atoms with E-state index >= 15 is 0 Å². The summed E-state index contributed by atoms with van der Waals surface area (Å²) in [5.74, 6) is 0. The number of alkyl carbamates (subject to hydrolysis) is 1. The van der Waals surface area contributed by atoms with Crippen molar-refractivity contribution in [3.05, 3.63) is 71.8 Å². The van der Waals surface area contributed by atoms with Crippen LogP contribution in [0.15, 0.2) is 60.7 Å². The maximum atomic E-state index is 11.6. The van der Waals surface area contributed by atoms with Gasteiger partial charge >= 0.3 is 6.09 Å². The highest BCUT2D eigenvalue weighted by molar-refractivity contribution is 5.67. The third-order valence-corrected chi connectivity index (χ3v) is 3.66. The van der Waals surface area contributed by atoms with Gasteiger partial charge in [0.25, 0.3) is 0 Å². The highest BCUT2D eigenvalue weighted by Crippen LogP contribution is 2.14. The SMILES string of the molecule is CN(CCO)c1ccc(C=CCNC(=O)OCc2ccccc2)cc1. The number of amides is 1. The summed E-state index contributed by atoms with van der Waals surface area (Å²) in [6.07, 6.45) is 3.37. The maximum Gasteiger partial charge on any atom is 0.407 e. The number of hydrogen-bond donors (Lipinski definition) is 2. The first kappa shape index (κ1) is 18.5. The minimum Gasteiger partial charge on any atom is -0.445 e. The largest absolute Gasteiger partial charge is 0.445 e. The summed E-state index contributed by atoms with van der Waals surface area (Å²) in [6.45, 7) is 1.40. The van der Waals surface area contributed by atoms with Gasteiger partial charge in [-0.25, -0.2) is 4.79 Å². The van der Waals surface area contributed by atoms with Gasteiger partial charge in [-0.1, -0.05) is 54.6 Å². The van der Waals surface area contributed by atoms with E-state index in [1.54, 1.807) is 0 Å². The first-order chi connectivity index (χ1) is 12.2. The Labute approximate surface area is 148 Å². The normalized spacial score (nSPS) is 10.6. The van der Waals surface area contributed by atoms with Crippen molar-refractivity contribution < 1.29 is 14.6 Å². The lowest BCUT2D eigenvalue weighted by Crippen LogP contribution is -2.24. The predicted molar refractivity (Wildman–Crippen MR) is 100 cm³/mol. The second kappa shape index (κ2) is 10.2. The lowest BCUT2D eigenvalue weighted by atomic mass is 10.2. The molecule has 0 aromatic heterocycles. The Morgan fingerprint density at radius 3 is 2.56 bits per heavy atom. The first-order valence-electron chi connectivity index (χ1n) is 8.22. The van der Waals surface area contributed by atoms with Crippen LogP contribution in [0.2, 0.25) is 0 Å². The third-order valence-electron chi connectivity index (χ3n) is 3.66. The molecule has 0 saturated carbocycles. The molecular formula is C20H24N2O3. The van der Waals surface area contributed by atoms with Gasteiger partial charge in [-0.05, 0) is 23.3 Å². The van der Waals surface area contributed by atoms with Crippen LogP contribution in [0.25, 0.3) is 6.08 Å². The fourth-order valence-electron chi connectivity index (χ4n) is 2.23. The van der Waals surface area contributed by atoms with Crippen molar-refractivity contribution in [2.45, 2.75) is 6.61 Å². The van der Waals surface area contributed by atoms with Crippen LogP contribution in [-0.2, 0) is 11.3 Å². The minimum absolute atomic E-state index is 0.129. The van der Waals surface area contributed by atoms with Crippen LogP contribution in [0, 0.1) is 0 Å². The molecule has 2 aromatic rings. The van der Waals surface area contributed by atoms with Crippen LogP contribution in [0.1, 0.15) is 11.1 Å². The Hall–Kier alpha value is -2.79. The number of aliphatic hydroxyl groups is 1. The minimum atomic E-state index is -0.436. The Morgan fingerprint density at radius 2 is 1.88 bits per heavy atom. The zero-order chi connectivity index (χ0) is 17.9. The van der Waals surface area contributed by atoms with Gasteiger partial charge in [0.15, 0.2) is 0 Å². The van der Waals surface area contributed by atoms with Gasteiger partial charge in [0.1, 0.15) is 6.61 Å². The Balaban J connectivity index is 1.71. The lowest BCUT2D eigenvalue weighted by Gasteiger charge is -2.17. The second-order valence-electron chi connectivity index (χ2n) is 5.58. The molecule has 0 bridgehead atoms. The molecule has 132 valence electrons. The lowest BCUT2D eigenvalue weighted by molar-refractivity contribution is 0.141. The number of ether oxygens (including phenoxy) is 1. The zero-order valence-corrected chi connectivity index (χ0v) is 14.4. The van der Waals surface area contributed by atoms with Gasteiger partial charge in [-0.2, -0.15) is 0 Å². The Kier molecular flexibility index (Phi) is 7.53. The van der Waals surface area contributed by atoms with E-state index in [4.69, 9.17) is 9.84 Å². The van der Waals surface area contributed by atoms with Crippen LogP contribution in [0.3, 0.4) is 0 Å². The molecule has 2 rings (SSSR count). The molecule has 0 unspecified atom stereocenters. The standard InChI is InChI=1S/C20H24N2O3/c1-22(14-15-23)19-11-9-17(10-12-19)8-5-13-21-20(24)25-16-18-6-3-2-4-7-18/h2-12,23H,13-16H2,1H3,(H,21,24). The molecule has 1 amide bonds. The van der Waals surface area contributed by atoms with E-state index in [0.717, 1.165) is 16.8 Å². The fraction of sp³-hybridized carbons (Fsp3) is 0.250. The predicted octanol–water partition coefficient (Wildman–Crippen LogP) is 3.05. The van der Waals surface area contributed by atoms with Crippen molar-refractivity contribution in [1.29, 1.82) is 0 Å². The number of rotatable bonds is 8. The van der Waals surface area contributed by atoms with E-state index in [2.05, 4.69) is 5.32 Å². The van der Waals surface area contributed by atoms with E-state index in [1.807, 2.05) is 78.7 Å². The van der Waals surface area contributed by atoms with Crippen molar-refractivity contribution in [3.8, 4) is 0 Å². The van der Waals surface area contributed by atoms with E-state index < -0.39 is 6.09 Å². The van der Waals surface area contributed by atoms with Crippen LogP contribution >= 0.6 is 0 Å². The Morgan fingerprint density at radius 1 is 1.16 bits per heavy atom. The average Bonchev–Trinajstić information content (AvgIpc) is 2.65. The number of anilines is 1. The molecule has 0 atom stereocenters. The van der Waals surface area contributed by atoms with Gasteiger partial charge in [0.05, 0.1) is 6.61 Å². The van der Waals surface area contributed by atoms with Crippen molar-refractivity contribution in [1.82, 2.24) is 5.32 Å². The molecule has 0 saturated heterocycles. The quantitative estimate of drug-likeness (QED) is 0.775. The number of likely N-dealkylation sites (N-methyl/N-ethyl adjacent to an activating group) is 1. The number of aliphatic hydroxyl groups excluding tert-OH is 1. The van der Waals surface area contributed by atoms with Crippen LogP contribution in [-0.4, -0.2) is 37.9 Å². The van der Waals surface area contributed by atoms with Crippen molar-refractivity contribution >= 4 is 17.9 Å². The molecule has 5 heteroatoms. The van der Waals surface area contributed by atoms with Gasteiger partial charge < -0.3 is 20.1 Å². The number of carbonyl (C=O) groups is 1. The van der Waals surface area contributed by atoms with Crippen molar-refractivity contribution in [2.24, 2.45) is 0 Å². The van der Waals surface area contributed by atoms with Crippen LogP contribution < -0.4 is 10.2 Å². The number of nitrogens with zero attached hydrogens (tertiary/aromatic N) is 1. The van der Waals surface area contributed by atoms with E-state index in [9.17, 15) is 4.79 Å². The molecule has 25 heavy (non-hydrogen) atoms. The molecule has 0 spiro atoms. The van der Waals surface area contributed by atoms with E-state index in [1.165, 1.54) is 0 Å². The third kappa shape index (κ3) is 6.69. The summed E-state index contributed by atoms with van der Waals surface area (Å²) in [7, 11) is 1.94. The summed E-state index contributed by atoms with van der Waals surface area (Å²) >= 11 is 0. The zero-order valence-electron chi connectivity index (χ0n) is 14.4. The summed E-state index contributed by atoms with van der Waals surface area (Å²) < 4.78 is 5.14. The van der Waals surface area contributed by atoms with Gasteiger partial charge in [0, 0.05) is 25.8 Å². The van der Waals surface area contributed by atoms with Gasteiger partial charge in [-0.3, -0.25) is 0 Å².